The molecule has 0 unspecified atom stereocenters. The van der Waals surface area contributed by atoms with Gasteiger partial charge in [-0.2, -0.15) is 0 Å². The summed E-state index contributed by atoms with van der Waals surface area (Å²) in [6.07, 6.45) is 3.38. The second-order valence-electron chi connectivity index (χ2n) is 4.87. The molecular weight excluding hydrogens is 240 g/mol. The van der Waals surface area contributed by atoms with Gasteiger partial charge in [0.15, 0.2) is 5.78 Å². The Balaban J connectivity index is 1.89. The van der Waals surface area contributed by atoms with Crippen molar-refractivity contribution in [1.29, 1.82) is 0 Å². The van der Waals surface area contributed by atoms with E-state index in [0.717, 1.165) is 0 Å². The highest BCUT2D eigenvalue weighted by Gasteiger charge is 2.30. The van der Waals surface area contributed by atoms with Crippen LogP contribution in [0, 0.1) is 5.92 Å². The molecule has 1 aromatic heterocycles. The molecule has 0 aliphatic carbocycles. The highest BCUT2D eigenvalue weighted by atomic mass is 16.5. The Kier molecular flexibility index (Phi) is 3.17. The minimum absolute atomic E-state index is 0.00146. The zero-order valence-electron chi connectivity index (χ0n) is 10.8. The third-order valence-electron chi connectivity index (χ3n) is 3.63. The summed E-state index contributed by atoms with van der Waals surface area (Å²) in [7, 11) is 0. The Hall–Kier alpha value is -1.94. The van der Waals surface area contributed by atoms with Crippen LogP contribution < -0.4 is 0 Å². The maximum atomic E-state index is 12.3. The number of ether oxygens (including phenoxy) is 1. The first-order valence-electron chi connectivity index (χ1n) is 6.46. The molecule has 1 aliphatic heterocycles. The summed E-state index contributed by atoms with van der Waals surface area (Å²) in [5.74, 6) is 0.130. The quantitative estimate of drug-likeness (QED) is 0.788. The smallest absolute Gasteiger partial charge is 0.188 e. The van der Waals surface area contributed by atoms with Crippen LogP contribution >= 0.6 is 0 Å². The zero-order chi connectivity index (χ0) is 13.2. The average molecular weight is 256 g/mol. The van der Waals surface area contributed by atoms with Crippen molar-refractivity contribution in [2.75, 3.05) is 13.2 Å². The number of rotatable bonds is 4. The van der Waals surface area contributed by atoms with Crippen molar-refractivity contribution >= 4 is 5.78 Å². The molecule has 0 radical (unpaired) electrons. The van der Waals surface area contributed by atoms with E-state index in [4.69, 9.17) is 4.74 Å². The number of aromatic nitrogens is 2. The van der Waals surface area contributed by atoms with Crippen LogP contribution in [-0.4, -0.2) is 28.5 Å². The van der Waals surface area contributed by atoms with Gasteiger partial charge in [-0.15, -0.1) is 0 Å². The van der Waals surface area contributed by atoms with Crippen LogP contribution in [0.5, 0.6) is 0 Å². The van der Waals surface area contributed by atoms with Crippen molar-refractivity contribution in [2.45, 2.75) is 13.0 Å². The van der Waals surface area contributed by atoms with Gasteiger partial charge in [0.2, 0.25) is 0 Å². The number of ketones is 1. The van der Waals surface area contributed by atoms with E-state index in [-0.39, 0.29) is 17.7 Å². The lowest BCUT2D eigenvalue weighted by molar-refractivity contribution is -0.0199. The Bertz CT molecular complexity index is 573. The van der Waals surface area contributed by atoms with Crippen LogP contribution in [0.1, 0.15) is 29.0 Å². The third-order valence-corrected chi connectivity index (χ3v) is 3.63. The second kappa shape index (κ2) is 4.97. The van der Waals surface area contributed by atoms with Gasteiger partial charge in [-0.3, -0.25) is 4.79 Å². The van der Waals surface area contributed by atoms with Crippen molar-refractivity contribution in [3.8, 4) is 0 Å². The summed E-state index contributed by atoms with van der Waals surface area (Å²) >= 11 is 0. The van der Waals surface area contributed by atoms with E-state index in [1.807, 2.05) is 22.8 Å². The van der Waals surface area contributed by atoms with Gasteiger partial charge >= 0.3 is 0 Å². The predicted molar refractivity (Wildman–Crippen MR) is 71.1 cm³/mol. The fourth-order valence-corrected chi connectivity index (χ4v) is 2.29. The number of Topliss-reactive ketones (excluding diaryl/α,β-unsaturated/α-hetero) is 1. The average Bonchev–Trinajstić information content (AvgIpc) is 2.86. The molecule has 2 aromatic rings. The van der Waals surface area contributed by atoms with Gasteiger partial charge in [0.05, 0.1) is 37.7 Å². The van der Waals surface area contributed by atoms with Crippen molar-refractivity contribution in [3.05, 3.63) is 54.1 Å². The largest absolute Gasteiger partial charge is 0.380 e. The monoisotopic (exact) mass is 256 g/mol. The molecule has 0 N–H and O–H groups in total. The lowest BCUT2D eigenvalue weighted by Crippen LogP contribution is -2.36. The molecule has 0 saturated carbocycles. The van der Waals surface area contributed by atoms with Crippen LogP contribution in [0.25, 0.3) is 0 Å². The Morgan fingerprint density at radius 2 is 2.11 bits per heavy atom. The number of carbonyl (C=O) groups is 1. The van der Waals surface area contributed by atoms with Crippen LogP contribution in [0.2, 0.25) is 0 Å². The summed E-state index contributed by atoms with van der Waals surface area (Å²) in [6, 6.07) is 10.2. The molecule has 98 valence electrons. The minimum Gasteiger partial charge on any atom is -0.380 e. The van der Waals surface area contributed by atoms with E-state index in [0.29, 0.717) is 18.9 Å². The van der Waals surface area contributed by atoms with Crippen LogP contribution in [0.3, 0.4) is 0 Å². The van der Waals surface area contributed by atoms with Gasteiger partial charge in [0, 0.05) is 0 Å². The number of benzene rings is 1. The lowest BCUT2D eigenvalue weighted by Gasteiger charge is -2.25. The van der Waals surface area contributed by atoms with Gasteiger partial charge in [-0.05, 0) is 12.5 Å². The summed E-state index contributed by atoms with van der Waals surface area (Å²) < 4.78 is 7.03. The molecule has 4 nitrogen and oxygen atoms in total. The zero-order valence-corrected chi connectivity index (χ0v) is 10.8. The van der Waals surface area contributed by atoms with Crippen molar-refractivity contribution in [2.24, 2.45) is 5.92 Å². The molecule has 0 spiro atoms. The molecule has 3 rings (SSSR count). The summed E-state index contributed by atoms with van der Waals surface area (Å²) in [6.45, 7) is 3.14. The molecule has 1 fully saturated rings. The van der Waals surface area contributed by atoms with Gasteiger partial charge in [0.1, 0.15) is 5.69 Å². The maximum Gasteiger partial charge on any atom is 0.188 e. The number of imidazole rings is 1. The van der Waals surface area contributed by atoms with Gasteiger partial charge in [-0.1, -0.05) is 30.3 Å². The highest BCUT2D eigenvalue weighted by Crippen LogP contribution is 2.23. The topological polar surface area (TPSA) is 44.1 Å². The second-order valence-corrected chi connectivity index (χ2v) is 4.87. The Labute approximate surface area is 112 Å². The molecule has 0 bridgehead atoms. The molecule has 1 aliphatic rings. The first kappa shape index (κ1) is 12.1. The summed E-state index contributed by atoms with van der Waals surface area (Å²) in [4.78, 5) is 16.4. The van der Waals surface area contributed by atoms with Crippen LogP contribution in [0.15, 0.2) is 42.9 Å². The SMILES string of the molecule is C[C@H](c1ccccc1)n1cncc1C(=O)C1COC1. The van der Waals surface area contributed by atoms with E-state index in [1.165, 1.54) is 5.56 Å². The van der Waals surface area contributed by atoms with E-state index in [9.17, 15) is 4.79 Å². The van der Waals surface area contributed by atoms with Gasteiger partial charge < -0.3 is 9.30 Å². The molecule has 1 saturated heterocycles. The molecule has 4 heteroatoms. The number of carbonyl (C=O) groups excluding carboxylic acids is 1. The van der Waals surface area contributed by atoms with Gasteiger partial charge in [-0.25, -0.2) is 4.98 Å². The molecule has 19 heavy (non-hydrogen) atoms. The van der Waals surface area contributed by atoms with E-state index < -0.39 is 0 Å². The predicted octanol–water partition coefficient (Wildman–Crippen LogP) is 2.32. The summed E-state index contributed by atoms with van der Waals surface area (Å²) in [5, 5.41) is 0. The number of nitrogens with zero attached hydrogens (tertiary/aromatic N) is 2. The van der Waals surface area contributed by atoms with Crippen molar-refractivity contribution < 1.29 is 9.53 Å². The standard InChI is InChI=1S/C15H16N2O2/c1-11(12-5-3-2-4-6-12)17-10-16-7-14(17)15(18)13-8-19-9-13/h2-7,10-11,13H,8-9H2,1H3/t11-/m1/s1. The summed E-state index contributed by atoms with van der Waals surface area (Å²) in [5.41, 5.74) is 1.84. The maximum absolute atomic E-state index is 12.3. The van der Waals surface area contributed by atoms with Crippen molar-refractivity contribution in [1.82, 2.24) is 9.55 Å². The minimum atomic E-state index is -0.00146. The number of hydrogen-bond donors (Lipinski definition) is 0. The van der Waals surface area contributed by atoms with Gasteiger partial charge in [0.25, 0.3) is 0 Å². The molecule has 1 atom stereocenters. The highest BCUT2D eigenvalue weighted by molar-refractivity contribution is 5.96. The third kappa shape index (κ3) is 2.19. The Morgan fingerprint density at radius 3 is 2.74 bits per heavy atom. The molecule has 1 aromatic carbocycles. The fourth-order valence-electron chi connectivity index (χ4n) is 2.29. The molecule has 2 heterocycles. The molecular formula is C15H16N2O2. The van der Waals surface area contributed by atoms with E-state index in [2.05, 4.69) is 24.0 Å². The lowest BCUT2D eigenvalue weighted by atomic mass is 9.99. The van der Waals surface area contributed by atoms with E-state index >= 15 is 0 Å². The molecule has 0 amide bonds. The first-order chi connectivity index (χ1) is 9.27. The fraction of sp³-hybridized carbons (Fsp3) is 0.333. The number of hydrogen-bond acceptors (Lipinski definition) is 3. The van der Waals surface area contributed by atoms with Crippen molar-refractivity contribution in [3.63, 3.8) is 0 Å². The van der Waals surface area contributed by atoms with Crippen LogP contribution in [-0.2, 0) is 4.74 Å². The van der Waals surface area contributed by atoms with Crippen LogP contribution in [0.4, 0.5) is 0 Å². The normalized spacial score (nSPS) is 16.9. The first-order valence-corrected chi connectivity index (χ1v) is 6.46. The Morgan fingerprint density at radius 1 is 1.37 bits per heavy atom. The van der Waals surface area contributed by atoms with E-state index in [1.54, 1.807) is 12.5 Å².